The summed E-state index contributed by atoms with van der Waals surface area (Å²) in [6.07, 6.45) is 1.62. The van der Waals surface area contributed by atoms with Gasteiger partial charge in [-0.15, -0.1) is 11.3 Å². The highest BCUT2D eigenvalue weighted by molar-refractivity contribution is 7.94. The van der Waals surface area contributed by atoms with Crippen LogP contribution in [0.3, 0.4) is 0 Å². The minimum absolute atomic E-state index is 0.224. The van der Waals surface area contributed by atoms with E-state index in [1.807, 2.05) is 0 Å². The summed E-state index contributed by atoms with van der Waals surface area (Å²) in [5.74, 6) is 1.15. The second-order valence-electron chi connectivity index (χ2n) is 5.05. The Hall–Kier alpha value is -2.52. The number of hydrogen-bond acceptors (Lipinski definition) is 6. The van der Waals surface area contributed by atoms with E-state index in [4.69, 9.17) is 9.47 Å². The van der Waals surface area contributed by atoms with Crippen LogP contribution in [-0.4, -0.2) is 31.8 Å². The molecule has 2 aromatic heterocycles. The van der Waals surface area contributed by atoms with Gasteiger partial charge in [0, 0.05) is 12.3 Å². The summed E-state index contributed by atoms with van der Waals surface area (Å²) in [7, 11) is -3.67. The molecular formula is C15H13N3O4S2. The van der Waals surface area contributed by atoms with Gasteiger partial charge in [0.1, 0.15) is 17.4 Å². The number of ether oxygens (including phenoxy) is 2. The van der Waals surface area contributed by atoms with E-state index in [1.54, 1.807) is 42.6 Å². The van der Waals surface area contributed by atoms with Crippen molar-refractivity contribution >= 4 is 27.0 Å². The van der Waals surface area contributed by atoms with Crippen LogP contribution in [-0.2, 0) is 10.0 Å². The topological polar surface area (TPSA) is 93.3 Å². The van der Waals surface area contributed by atoms with Crippen LogP contribution in [0.4, 0.5) is 5.69 Å². The third-order valence-corrected chi connectivity index (χ3v) is 6.40. The summed E-state index contributed by atoms with van der Waals surface area (Å²) in [6, 6.07) is 10.1. The lowest BCUT2D eigenvalue weighted by atomic mass is 10.3. The van der Waals surface area contributed by atoms with Crippen LogP contribution in [0, 0.1) is 0 Å². The maximum absolute atomic E-state index is 12.6. The number of hydrogen-bond donors (Lipinski definition) is 2. The maximum atomic E-state index is 12.6. The zero-order chi connectivity index (χ0) is 16.6. The quantitative estimate of drug-likeness (QED) is 0.743. The maximum Gasteiger partial charge on any atom is 0.271 e. The minimum Gasteiger partial charge on any atom is -0.486 e. The molecule has 0 saturated heterocycles. The Kier molecular flexibility index (Phi) is 3.66. The zero-order valence-electron chi connectivity index (χ0n) is 12.4. The van der Waals surface area contributed by atoms with Gasteiger partial charge < -0.3 is 9.47 Å². The van der Waals surface area contributed by atoms with Gasteiger partial charge in [-0.3, -0.25) is 9.82 Å². The molecule has 0 spiro atoms. The molecule has 0 amide bonds. The van der Waals surface area contributed by atoms with Gasteiger partial charge in [0.2, 0.25) is 0 Å². The summed E-state index contributed by atoms with van der Waals surface area (Å²) in [5, 5.41) is 6.69. The molecule has 4 rings (SSSR count). The minimum atomic E-state index is -3.67. The van der Waals surface area contributed by atoms with Crippen molar-refractivity contribution in [3.63, 3.8) is 0 Å². The molecule has 2 N–H and O–H groups in total. The van der Waals surface area contributed by atoms with E-state index in [-0.39, 0.29) is 4.21 Å². The third-order valence-electron chi connectivity index (χ3n) is 3.41. The number of aromatic amines is 1. The molecule has 124 valence electrons. The first-order chi connectivity index (χ1) is 11.6. The van der Waals surface area contributed by atoms with E-state index >= 15 is 0 Å². The highest BCUT2D eigenvalue weighted by atomic mass is 32.2. The second-order valence-corrected chi connectivity index (χ2v) is 8.05. The van der Waals surface area contributed by atoms with Gasteiger partial charge in [0.15, 0.2) is 11.5 Å². The number of anilines is 1. The molecule has 0 fully saturated rings. The number of rotatable bonds is 4. The van der Waals surface area contributed by atoms with Gasteiger partial charge >= 0.3 is 0 Å². The van der Waals surface area contributed by atoms with Crippen molar-refractivity contribution in [3.8, 4) is 22.1 Å². The van der Waals surface area contributed by atoms with Crippen molar-refractivity contribution in [3.05, 3.63) is 42.6 Å². The Labute approximate surface area is 142 Å². The van der Waals surface area contributed by atoms with Crippen LogP contribution in [0.15, 0.2) is 46.8 Å². The fourth-order valence-electron chi connectivity index (χ4n) is 2.31. The lowest BCUT2D eigenvalue weighted by molar-refractivity contribution is 0.171. The Morgan fingerprint density at radius 1 is 1.08 bits per heavy atom. The van der Waals surface area contributed by atoms with Gasteiger partial charge in [0.05, 0.1) is 16.3 Å². The smallest absolute Gasteiger partial charge is 0.271 e. The number of nitrogens with zero attached hydrogens (tertiary/aromatic N) is 1. The first kappa shape index (κ1) is 15.0. The predicted octanol–water partition coefficient (Wildman–Crippen LogP) is 2.71. The Balaban J connectivity index is 1.59. The van der Waals surface area contributed by atoms with Crippen LogP contribution in [0.5, 0.6) is 11.5 Å². The summed E-state index contributed by atoms with van der Waals surface area (Å²) < 4.78 is 38.8. The fraction of sp³-hybridized carbons (Fsp3) is 0.133. The molecular weight excluding hydrogens is 350 g/mol. The number of fused-ring (bicyclic) bond motifs is 1. The lowest BCUT2D eigenvalue weighted by Crippen LogP contribution is -2.16. The van der Waals surface area contributed by atoms with Crippen LogP contribution >= 0.6 is 11.3 Å². The monoisotopic (exact) mass is 363 g/mol. The molecule has 9 heteroatoms. The number of aromatic nitrogens is 2. The molecule has 7 nitrogen and oxygen atoms in total. The van der Waals surface area contributed by atoms with Crippen LogP contribution in [0.2, 0.25) is 0 Å². The summed E-state index contributed by atoms with van der Waals surface area (Å²) in [4.78, 5) is 0.801. The van der Waals surface area contributed by atoms with Gasteiger partial charge in [-0.1, -0.05) is 0 Å². The summed E-state index contributed by atoms with van der Waals surface area (Å²) >= 11 is 1.17. The molecule has 1 aliphatic rings. The average molecular weight is 363 g/mol. The second kappa shape index (κ2) is 5.84. The Morgan fingerprint density at radius 3 is 2.71 bits per heavy atom. The van der Waals surface area contributed by atoms with E-state index in [1.165, 1.54) is 11.3 Å². The van der Waals surface area contributed by atoms with Crippen molar-refractivity contribution in [1.82, 2.24) is 10.2 Å². The zero-order valence-corrected chi connectivity index (χ0v) is 14.0. The van der Waals surface area contributed by atoms with Crippen LogP contribution in [0.1, 0.15) is 0 Å². The van der Waals surface area contributed by atoms with Crippen molar-refractivity contribution in [2.45, 2.75) is 4.21 Å². The molecule has 0 atom stereocenters. The molecule has 1 aliphatic heterocycles. The van der Waals surface area contributed by atoms with Gasteiger partial charge in [-0.2, -0.15) is 5.10 Å². The van der Waals surface area contributed by atoms with E-state index in [2.05, 4.69) is 14.9 Å². The van der Waals surface area contributed by atoms with E-state index < -0.39 is 10.0 Å². The van der Waals surface area contributed by atoms with Crippen molar-refractivity contribution in [2.24, 2.45) is 0 Å². The predicted molar refractivity (Wildman–Crippen MR) is 90.1 cm³/mol. The molecule has 3 heterocycles. The summed E-state index contributed by atoms with van der Waals surface area (Å²) in [5.41, 5.74) is 1.21. The fourth-order valence-corrected chi connectivity index (χ4v) is 4.65. The molecule has 0 aliphatic carbocycles. The van der Waals surface area contributed by atoms with Crippen LogP contribution in [0.25, 0.3) is 10.6 Å². The molecule has 0 unspecified atom stereocenters. The van der Waals surface area contributed by atoms with Crippen molar-refractivity contribution < 1.29 is 17.9 Å². The first-order valence-corrected chi connectivity index (χ1v) is 9.44. The van der Waals surface area contributed by atoms with E-state index in [0.717, 1.165) is 10.6 Å². The molecule has 24 heavy (non-hydrogen) atoms. The number of thiophene rings is 1. The molecule has 0 bridgehead atoms. The number of H-pyrrole nitrogens is 1. The Morgan fingerprint density at radius 2 is 1.92 bits per heavy atom. The normalized spacial score (nSPS) is 13.7. The van der Waals surface area contributed by atoms with Crippen LogP contribution < -0.4 is 14.2 Å². The largest absolute Gasteiger partial charge is 0.486 e. The third kappa shape index (κ3) is 2.83. The van der Waals surface area contributed by atoms with Crippen molar-refractivity contribution in [2.75, 3.05) is 17.9 Å². The molecule has 0 saturated carbocycles. The number of benzene rings is 1. The highest BCUT2D eigenvalue weighted by Gasteiger charge is 2.19. The highest BCUT2D eigenvalue weighted by Crippen LogP contribution is 2.34. The lowest BCUT2D eigenvalue weighted by Gasteiger charge is -2.19. The first-order valence-electron chi connectivity index (χ1n) is 7.14. The van der Waals surface area contributed by atoms with Crippen molar-refractivity contribution in [1.29, 1.82) is 0 Å². The van der Waals surface area contributed by atoms with Gasteiger partial charge in [-0.25, -0.2) is 8.42 Å². The van der Waals surface area contributed by atoms with E-state index in [9.17, 15) is 8.42 Å². The van der Waals surface area contributed by atoms with E-state index in [0.29, 0.717) is 30.4 Å². The van der Waals surface area contributed by atoms with Gasteiger partial charge in [0.25, 0.3) is 10.0 Å². The average Bonchev–Trinajstić information content (AvgIpc) is 3.25. The summed E-state index contributed by atoms with van der Waals surface area (Å²) in [6.45, 7) is 0.936. The molecule has 1 aromatic carbocycles. The standard InChI is InChI=1S/C15H13N3O4S2/c19-24(20,15-4-3-14(23-15)11-5-6-16-17-11)18-10-1-2-12-13(9-10)22-8-7-21-12/h1-6,9,18H,7-8H2,(H,16,17). The molecule has 3 aromatic rings. The number of nitrogens with one attached hydrogen (secondary N) is 2. The SMILES string of the molecule is O=S(=O)(Nc1ccc2c(c1)OCCO2)c1ccc(-c2ccn[nH]2)s1. The Bertz CT molecular complexity index is 965. The molecule has 0 radical (unpaired) electrons. The van der Waals surface area contributed by atoms with Gasteiger partial charge in [-0.05, 0) is 30.3 Å². The number of sulfonamides is 1.